The fraction of sp³-hybridized carbons (Fsp3) is 0.280. The number of pyridine rings is 1. The molecule has 1 N–H and O–H groups in total. The number of rotatable bonds is 3. The molecule has 2 aromatic carbocycles. The number of aromatic nitrogens is 3. The maximum Gasteiger partial charge on any atom is 0.164 e. The lowest BCUT2D eigenvalue weighted by Gasteiger charge is -2.17. The zero-order valence-electron chi connectivity index (χ0n) is 17.3. The monoisotopic (exact) mass is 382 g/mol. The second kappa shape index (κ2) is 7.03. The zero-order chi connectivity index (χ0) is 20.0. The lowest BCUT2D eigenvalue weighted by atomic mass is 9.98. The highest BCUT2D eigenvalue weighted by atomic mass is 15.1. The van der Waals surface area contributed by atoms with Crippen LogP contribution in [-0.2, 0) is 19.3 Å². The summed E-state index contributed by atoms with van der Waals surface area (Å²) in [6.45, 7) is 6.56. The molecule has 146 valence electrons. The molecule has 0 atom stereocenters. The number of hydrogen-bond donors (Lipinski definition) is 1. The molecule has 0 radical (unpaired) electrons. The van der Waals surface area contributed by atoms with Gasteiger partial charge in [0.2, 0.25) is 0 Å². The first kappa shape index (κ1) is 17.9. The Morgan fingerprint density at radius 3 is 2.72 bits per heavy atom. The van der Waals surface area contributed by atoms with Gasteiger partial charge < -0.3 is 5.32 Å². The van der Waals surface area contributed by atoms with E-state index in [9.17, 15) is 0 Å². The van der Waals surface area contributed by atoms with Crippen LogP contribution in [0.1, 0.15) is 41.4 Å². The second-order valence-corrected chi connectivity index (χ2v) is 7.93. The Kier molecular flexibility index (Phi) is 4.35. The molecular weight excluding hydrogens is 356 g/mol. The number of aryl methyl sites for hydroxylation is 3. The van der Waals surface area contributed by atoms with E-state index >= 15 is 0 Å². The topological polar surface area (TPSA) is 42.7 Å². The van der Waals surface area contributed by atoms with Crippen LogP contribution in [0.5, 0.6) is 0 Å². The summed E-state index contributed by atoms with van der Waals surface area (Å²) in [5.41, 5.74) is 10.8. The zero-order valence-corrected chi connectivity index (χ0v) is 17.3. The third kappa shape index (κ3) is 2.91. The fourth-order valence-electron chi connectivity index (χ4n) is 4.47. The van der Waals surface area contributed by atoms with Crippen molar-refractivity contribution in [2.24, 2.45) is 0 Å². The highest BCUT2D eigenvalue weighted by Crippen LogP contribution is 2.35. The Bertz CT molecular complexity index is 1220. The molecule has 1 aliphatic heterocycles. The van der Waals surface area contributed by atoms with Gasteiger partial charge in [-0.3, -0.25) is 4.57 Å². The molecule has 1 aliphatic rings. The Morgan fingerprint density at radius 1 is 1.00 bits per heavy atom. The second-order valence-electron chi connectivity index (χ2n) is 7.93. The quantitative estimate of drug-likeness (QED) is 0.484. The number of hydrogen-bond acceptors (Lipinski definition) is 3. The number of benzene rings is 2. The first-order valence-corrected chi connectivity index (χ1v) is 10.5. The number of nitrogens with one attached hydrogen (secondary N) is 1. The van der Waals surface area contributed by atoms with Crippen LogP contribution in [-0.4, -0.2) is 14.5 Å². The van der Waals surface area contributed by atoms with E-state index in [0.717, 1.165) is 42.7 Å². The van der Waals surface area contributed by atoms with Gasteiger partial charge in [-0.25, -0.2) is 9.97 Å². The Balaban J connectivity index is 1.69. The van der Waals surface area contributed by atoms with Crippen molar-refractivity contribution < 1.29 is 0 Å². The van der Waals surface area contributed by atoms with E-state index in [1.54, 1.807) is 0 Å². The van der Waals surface area contributed by atoms with Crippen molar-refractivity contribution in [1.29, 1.82) is 0 Å². The Labute approximate surface area is 171 Å². The molecule has 0 saturated carbocycles. The smallest absolute Gasteiger partial charge is 0.164 e. The maximum absolute atomic E-state index is 4.97. The number of anilines is 2. The lowest BCUT2D eigenvalue weighted by molar-refractivity contribution is 0.811. The molecule has 4 heteroatoms. The van der Waals surface area contributed by atoms with Crippen molar-refractivity contribution in [3.63, 3.8) is 0 Å². The number of imidazole rings is 1. The van der Waals surface area contributed by atoms with E-state index in [2.05, 4.69) is 67.1 Å². The van der Waals surface area contributed by atoms with Crippen molar-refractivity contribution >= 4 is 22.5 Å². The minimum Gasteiger partial charge on any atom is -0.355 e. The molecular formula is C25H26N4. The lowest BCUT2D eigenvalue weighted by Crippen LogP contribution is -2.07. The largest absolute Gasteiger partial charge is 0.355 e. The van der Waals surface area contributed by atoms with Gasteiger partial charge in [-0.2, -0.15) is 0 Å². The molecule has 4 nitrogen and oxygen atoms in total. The predicted octanol–water partition coefficient (Wildman–Crippen LogP) is 5.83. The highest BCUT2D eigenvalue weighted by molar-refractivity contribution is 5.79. The molecule has 0 aliphatic carbocycles. The Morgan fingerprint density at radius 2 is 1.86 bits per heavy atom. The van der Waals surface area contributed by atoms with E-state index in [1.165, 1.54) is 39.3 Å². The van der Waals surface area contributed by atoms with Crippen molar-refractivity contribution in [1.82, 2.24) is 14.5 Å². The van der Waals surface area contributed by atoms with Gasteiger partial charge in [0.15, 0.2) is 5.65 Å². The summed E-state index contributed by atoms with van der Waals surface area (Å²) in [6, 6.07) is 15.1. The van der Waals surface area contributed by atoms with Gasteiger partial charge in [0.05, 0.1) is 5.69 Å². The molecule has 0 spiro atoms. The molecule has 4 aromatic rings. The van der Waals surface area contributed by atoms with E-state index < -0.39 is 0 Å². The molecule has 0 saturated heterocycles. The summed E-state index contributed by atoms with van der Waals surface area (Å²) in [4.78, 5) is 9.68. The summed E-state index contributed by atoms with van der Waals surface area (Å²) in [7, 11) is 0. The number of para-hydroxylation sites is 1. The van der Waals surface area contributed by atoms with Crippen LogP contribution in [0.15, 0.2) is 48.7 Å². The van der Waals surface area contributed by atoms with E-state index in [1.807, 2.05) is 12.3 Å². The van der Waals surface area contributed by atoms with Crippen molar-refractivity contribution in [2.45, 2.75) is 46.5 Å². The Hall–Kier alpha value is -3.14. The van der Waals surface area contributed by atoms with Crippen LogP contribution in [0.25, 0.3) is 16.9 Å². The predicted molar refractivity (Wildman–Crippen MR) is 119 cm³/mol. The molecule has 0 unspecified atom stereocenters. The molecule has 3 heterocycles. The fourth-order valence-corrected chi connectivity index (χ4v) is 4.47. The third-order valence-electron chi connectivity index (χ3n) is 6.03. The summed E-state index contributed by atoms with van der Waals surface area (Å²) >= 11 is 0. The first-order chi connectivity index (χ1) is 14.2. The average Bonchev–Trinajstić information content (AvgIpc) is 2.97. The van der Waals surface area contributed by atoms with E-state index in [4.69, 9.17) is 9.97 Å². The van der Waals surface area contributed by atoms with Crippen LogP contribution >= 0.6 is 0 Å². The molecule has 0 amide bonds. The van der Waals surface area contributed by atoms with Crippen LogP contribution in [0.2, 0.25) is 0 Å². The summed E-state index contributed by atoms with van der Waals surface area (Å²) in [5.74, 6) is 1.09. The van der Waals surface area contributed by atoms with Gasteiger partial charge in [-0.15, -0.1) is 0 Å². The van der Waals surface area contributed by atoms with Crippen LogP contribution in [0, 0.1) is 13.8 Å². The van der Waals surface area contributed by atoms with Crippen LogP contribution in [0.3, 0.4) is 0 Å². The van der Waals surface area contributed by atoms with Crippen LogP contribution < -0.4 is 5.32 Å². The average molecular weight is 383 g/mol. The van der Waals surface area contributed by atoms with Crippen molar-refractivity contribution in [3.05, 3.63) is 76.7 Å². The van der Waals surface area contributed by atoms with Gasteiger partial charge in [-0.1, -0.05) is 25.1 Å². The van der Waals surface area contributed by atoms with Gasteiger partial charge in [0.25, 0.3) is 0 Å². The van der Waals surface area contributed by atoms with Gasteiger partial charge in [0, 0.05) is 24.0 Å². The van der Waals surface area contributed by atoms with E-state index in [0.29, 0.717) is 0 Å². The number of nitrogens with zero attached hydrogens (tertiary/aromatic N) is 3. The SMILES string of the molecule is CCCc1nc2c(C)ccnc2n1-c1ccc2c(c1C)CCc1ccccc1N2. The minimum atomic E-state index is 0.940. The van der Waals surface area contributed by atoms with Gasteiger partial charge in [-0.05, 0) is 79.6 Å². The summed E-state index contributed by atoms with van der Waals surface area (Å²) in [5, 5.41) is 3.66. The minimum absolute atomic E-state index is 0.940. The van der Waals surface area contributed by atoms with Crippen LogP contribution in [0.4, 0.5) is 11.4 Å². The summed E-state index contributed by atoms with van der Waals surface area (Å²) < 4.78 is 2.28. The molecule has 29 heavy (non-hydrogen) atoms. The van der Waals surface area contributed by atoms with E-state index in [-0.39, 0.29) is 0 Å². The molecule has 5 rings (SSSR count). The molecule has 2 aromatic heterocycles. The molecule has 0 bridgehead atoms. The normalized spacial score (nSPS) is 12.9. The third-order valence-corrected chi connectivity index (χ3v) is 6.03. The number of fused-ring (bicyclic) bond motifs is 3. The van der Waals surface area contributed by atoms with Crippen molar-refractivity contribution in [2.75, 3.05) is 5.32 Å². The maximum atomic E-state index is 4.97. The van der Waals surface area contributed by atoms with Crippen molar-refractivity contribution in [3.8, 4) is 5.69 Å². The van der Waals surface area contributed by atoms with Gasteiger partial charge in [0.1, 0.15) is 11.3 Å². The standard InChI is InChI=1S/C25H26N4/c1-4-7-23-28-24-16(2)14-15-26-25(24)29(23)22-13-12-21-19(17(22)3)11-10-18-8-5-6-9-20(18)27-21/h5-6,8-9,12-15,27H,4,7,10-11H2,1-3H3. The molecule has 0 fully saturated rings. The summed E-state index contributed by atoms with van der Waals surface area (Å²) in [6.07, 6.45) is 5.97. The first-order valence-electron chi connectivity index (χ1n) is 10.5. The highest BCUT2D eigenvalue weighted by Gasteiger charge is 2.20. The van der Waals surface area contributed by atoms with Gasteiger partial charge >= 0.3 is 0 Å².